The molecule has 0 atom stereocenters. The van der Waals surface area contributed by atoms with Crippen LogP contribution in [0, 0.1) is 13.8 Å². The molecule has 4 aromatic rings. The largest absolute Gasteiger partial charge is 0.484 e. The van der Waals surface area contributed by atoms with Gasteiger partial charge in [0, 0.05) is 10.4 Å². The molecule has 0 aliphatic carbocycles. The molecule has 7 heteroatoms. The summed E-state index contributed by atoms with van der Waals surface area (Å²) in [5.74, 6) is 0.322. The van der Waals surface area contributed by atoms with E-state index in [0.717, 1.165) is 28.0 Å². The normalized spacial score (nSPS) is 10.9. The highest BCUT2D eigenvalue weighted by Crippen LogP contribution is 2.23. The van der Waals surface area contributed by atoms with Gasteiger partial charge in [-0.25, -0.2) is 9.67 Å². The quantitative estimate of drug-likeness (QED) is 0.521. The van der Waals surface area contributed by atoms with Crippen molar-refractivity contribution in [2.24, 2.45) is 0 Å². The van der Waals surface area contributed by atoms with Crippen molar-refractivity contribution in [1.29, 1.82) is 0 Å². The van der Waals surface area contributed by atoms with Crippen LogP contribution >= 0.6 is 11.6 Å². The third-order valence-electron chi connectivity index (χ3n) is 4.49. The Kier molecular flexibility index (Phi) is 5.18. The average molecular weight is 407 g/mol. The molecule has 29 heavy (non-hydrogen) atoms. The maximum absolute atomic E-state index is 12.3. The monoisotopic (exact) mass is 406 g/mol. The Morgan fingerprint density at radius 3 is 2.69 bits per heavy atom. The van der Waals surface area contributed by atoms with Crippen molar-refractivity contribution in [3.63, 3.8) is 0 Å². The van der Waals surface area contributed by atoms with E-state index in [2.05, 4.69) is 15.4 Å². The second-order valence-corrected chi connectivity index (χ2v) is 7.08. The minimum Gasteiger partial charge on any atom is -0.484 e. The van der Waals surface area contributed by atoms with E-state index in [1.165, 1.54) is 0 Å². The summed E-state index contributed by atoms with van der Waals surface area (Å²) in [5.41, 5.74) is 3.99. The number of pyridine rings is 1. The van der Waals surface area contributed by atoms with E-state index in [-0.39, 0.29) is 12.5 Å². The number of fused-ring (bicyclic) bond motifs is 1. The lowest BCUT2D eigenvalue weighted by Crippen LogP contribution is -2.20. The molecular formula is C22H19ClN4O2. The Bertz CT molecular complexity index is 1190. The van der Waals surface area contributed by atoms with Crippen LogP contribution in [0.15, 0.2) is 60.8 Å². The SMILES string of the molecule is Cc1cc(OCC(=O)Nc2cnc3c(c2)c(C)nn3-c2ccccc2)ccc1Cl. The van der Waals surface area contributed by atoms with Crippen LogP contribution in [0.3, 0.4) is 0 Å². The molecule has 146 valence electrons. The third kappa shape index (κ3) is 4.07. The zero-order chi connectivity index (χ0) is 20.4. The number of nitrogens with one attached hydrogen (secondary N) is 1. The summed E-state index contributed by atoms with van der Waals surface area (Å²) >= 11 is 6.00. The molecule has 0 spiro atoms. The summed E-state index contributed by atoms with van der Waals surface area (Å²) in [4.78, 5) is 16.8. The Morgan fingerprint density at radius 1 is 1.14 bits per heavy atom. The first-order valence-corrected chi connectivity index (χ1v) is 9.48. The minimum atomic E-state index is -0.271. The minimum absolute atomic E-state index is 0.110. The topological polar surface area (TPSA) is 69.0 Å². The molecule has 2 aromatic carbocycles. The molecule has 0 radical (unpaired) electrons. The number of halogens is 1. The molecule has 6 nitrogen and oxygen atoms in total. The van der Waals surface area contributed by atoms with Crippen molar-refractivity contribution in [1.82, 2.24) is 14.8 Å². The maximum Gasteiger partial charge on any atom is 0.262 e. The van der Waals surface area contributed by atoms with E-state index in [0.29, 0.717) is 16.5 Å². The van der Waals surface area contributed by atoms with Crippen LogP contribution in [0.1, 0.15) is 11.3 Å². The standard InChI is InChI=1S/C22H19ClN4O2/c1-14-10-18(8-9-20(14)23)29-13-21(28)25-16-11-19-15(2)26-27(22(19)24-12-16)17-6-4-3-5-7-17/h3-12H,13H2,1-2H3,(H,25,28). The van der Waals surface area contributed by atoms with Gasteiger partial charge in [0.25, 0.3) is 5.91 Å². The van der Waals surface area contributed by atoms with Gasteiger partial charge in [0.1, 0.15) is 5.75 Å². The van der Waals surface area contributed by atoms with Gasteiger partial charge in [0.15, 0.2) is 12.3 Å². The van der Waals surface area contributed by atoms with Crippen molar-refractivity contribution in [3.8, 4) is 11.4 Å². The first kappa shape index (κ1) is 19.0. The number of hydrogen-bond acceptors (Lipinski definition) is 4. The fraction of sp³-hybridized carbons (Fsp3) is 0.136. The van der Waals surface area contributed by atoms with Crippen molar-refractivity contribution >= 4 is 34.2 Å². The highest BCUT2D eigenvalue weighted by atomic mass is 35.5. The summed E-state index contributed by atoms with van der Waals surface area (Å²) in [7, 11) is 0. The summed E-state index contributed by atoms with van der Waals surface area (Å²) in [6.07, 6.45) is 1.62. The molecule has 2 aromatic heterocycles. The number of rotatable bonds is 5. The van der Waals surface area contributed by atoms with E-state index in [4.69, 9.17) is 16.3 Å². The van der Waals surface area contributed by atoms with Gasteiger partial charge >= 0.3 is 0 Å². The molecule has 0 fully saturated rings. The zero-order valence-electron chi connectivity index (χ0n) is 16.0. The van der Waals surface area contributed by atoms with Crippen molar-refractivity contribution in [2.45, 2.75) is 13.8 Å². The first-order valence-electron chi connectivity index (χ1n) is 9.11. The number of carbonyl (C=O) groups excluding carboxylic acids is 1. The van der Waals surface area contributed by atoms with E-state index >= 15 is 0 Å². The Morgan fingerprint density at radius 2 is 1.93 bits per heavy atom. The van der Waals surface area contributed by atoms with Gasteiger partial charge in [-0.15, -0.1) is 0 Å². The van der Waals surface area contributed by atoms with E-state index in [1.54, 1.807) is 29.1 Å². The fourth-order valence-electron chi connectivity index (χ4n) is 3.01. The number of benzene rings is 2. The van der Waals surface area contributed by atoms with Crippen LogP contribution in [0.25, 0.3) is 16.7 Å². The van der Waals surface area contributed by atoms with Crippen LogP contribution in [0.5, 0.6) is 5.75 Å². The third-order valence-corrected chi connectivity index (χ3v) is 4.92. The Labute approximate surface area is 173 Å². The number of aryl methyl sites for hydroxylation is 2. The highest BCUT2D eigenvalue weighted by Gasteiger charge is 2.12. The summed E-state index contributed by atoms with van der Waals surface area (Å²) in [6, 6.07) is 16.9. The number of ether oxygens (including phenoxy) is 1. The number of amides is 1. The number of para-hydroxylation sites is 1. The summed E-state index contributed by atoms with van der Waals surface area (Å²) < 4.78 is 7.34. The number of aromatic nitrogens is 3. The number of carbonyl (C=O) groups is 1. The summed E-state index contributed by atoms with van der Waals surface area (Å²) in [5, 5.41) is 8.93. The van der Waals surface area contributed by atoms with Crippen LogP contribution in [-0.2, 0) is 4.79 Å². The number of anilines is 1. The second kappa shape index (κ2) is 7.93. The number of nitrogens with zero attached hydrogens (tertiary/aromatic N) is 3. The highest BCUT2D eigenvalue weighted by molar-refractivity contribution is 6.31. The lowest BCUT2D eigenvalue weighted by molar-refractivity contribution is -0.118. The van der Waals surface area contributed by atoms with Gasteiger partial charge in [-0.1, -0.05) is 29.8 Å². The fourth-order valence-corrected chi connectivity index (χ4v) is 3.13. The van der Waals surface area contributed by atoms with Crippen LogP contribution in [-0.4, -0.2) is 27.3 Å². The number of hydrogen-bond donors (Lipinski definition) is 1. The predicted molar refractivity (Wildman–Crippen MR) is 114 cm³/mol. The van der Waals surface area contributed by atoms with E-state index in [9.17, 15) is 4.79 Å². The van der Waals surface area contributed by atoms with Crippen LogP contribution in [0.2, 0.25) is 5.02 Å². The molecule has 0 bridgehead atoms. The van der Waals surface area contributed by atoms with Gasteiger partial charge in [-0.3, -0.25) is 4.79 Å². The molecular weight excluding hydrogens is 388 g/mol. The maximum atomic E-state index is 12.3. The van der Waals surface area contributed by atoms with Gasteiger partial charge in [0.2, 0.25) is 0 Å². The molecule has 1 N–H and O–H groups in total. The van der Waals surface area contributed by atoms with Gasteiger partial charge in [-0.05, 0) is 55.8 Å². The molecule has 0 unspecified atom stereocenters. The van der Waals surface area contributed by atoms with Gasteiger partial charge in [-0.2, -0.15) is 5.10 Å². The summed E-state index contributed by atoms with van der Waals surface area (Å²) in [6.45, 7) is 3.69. The van der Waals surface area contributed by atoms with E-state index < -0.39 is 0 Å². The first-order chi connectivity index (χ1) is 14.0. The Balaban J connectivity index is 1.49. The van der Waals surface area contributed by atoms with Gasteiger partial charge in [0.05, 0.1) is 23.3 Å². The molecule has 0 aliphatic rings. The van der Waals surface area contributed by atoms with Crippen molar-refractivity contribution in [3.05, 3.63) is 77.1 Å². The molecule has 0 aliphatic heterocycles. The lowest BCUT2D eigenvalue weighted by Gasteiger charge is -2.09. The second-order valence-electron chi connectivity index (χ2n) is 6.68. The molecule has 4 rings (SSSR count). The predicted octanol–water partition coefficient (Wildman–Crippen LogP) is 4.71. The smallest absolute Gasteiger partial charge is 0.262 e. The van der Waals surface area contributed by atoms with Gasteiger partial charge < -0.3 is 10.1 Å². The van der Waals surface area contributed by atoms with E-state index in [1.807, 2.05) is 50.2 Å². The van der Waals surface area contributed by atoms with Crippen molar-refractivity contribution < 1.29 is 9.53 Å². The van der Waals surface area contributed by atoms with Crippen molar-refractivity contribution in [2.75, 3.05) is 11.9 Å². The Hall–Kier alpha value is -3.38. The van der Waals surface area contributed by atoms with Crippen LogP contribution < -0.4 is 10.1 Å². The van der Waals surface area contributed by atoms with Crippen LogP contribution in [0.4, 0.5) is 5.69 Å². The molecule has 2 heterocycles. The zero-order valence-corrected chi connectivity index (χ0v) is 16.8. The lowest BCUT2D eigenvalue weighted by atomic mass is 10.2. The average Bonchev–Trinajstić information content (AvgIpc) is 3.06. The molecule has 0 saturated carbocycles. The molecule has 0 saturated heterocycles. The molecule has 1 amide bonds.